The van der Waals surface area contributed by atoms with Gasteiger partial charge in [-0.15, -0.1) is 0 Å². The van der Waals surface area contributed by atoms with Gasteiger partial charge in [-0.1, -0.05) is 13.3 Å². The van der Waals surface area contributed by atoms with E-state index >= 15 is 0 Å². The highest BCUT2D eigenvalue weighted by atomic mass is 14.9. The summed E-state index contributed by atoms with van der Waals surface area (Å²) in [6, 6.07) is 0. The van der Waals surface area contributed by atoms with Crippen LogP contribution in [0.2, 0.25) is 0 Å². The topological polar surface area (TPSA) is 12.0 Å². The molecule has 0 bridgehead atoms. The zero-order valence-electron chi connectivity index (χ0n) is 8.89. The molecule has 2 aliphatic rings. The van der Waals surface area contributed by atoms with Crippen LogP contribution in [0.1, 0.15) is 45.4 Å². The van der Waals surface area contributed by atoms with Crippen LogP contribution in [0.25, 0.3) is 0 Å². The van der Waals surface area contributed by atoms with Crippen LogP contribution in [0, 0.1) is 17.8 Å². The number of nitrogens with one attached hydrogen (secondary N) is 1. The summed E-state index contributed by atoms with van der Waals surface area (Å²) in [5.41, 5.74) is 0. The van der Waals surface area contributed by atoms with Gasteiger partial charge in [0.15, 0.2) is 0 Å². The summed E-state index contributed by atoms with van der Waals surface area (Å²) in [6.45, 7) is 5.00. The lowest BCUT2D eigenvalue weighted by Gasteiger charge is -2.23. The molecule has 1 aliphatic heterocycles. The summed E-state index contributed by atoms with van der Waals surface area (Å²) in [5, 5.41) is 3.50. The maximum Gasteiger partial charge on any atom is -0.00205 e. The highest BCUT2D eigenvalue weighted by molar-refractivity contribution is 4.79. The van der Waals surface area contributed by atoms with Crippen LogP contribution < -0.4 is 5.32 Å². The van der Waals surface area contributed by atoms with E-state index in [2.05, 4.69) is 12.2 Å². The van der Waals surface area contributed by atoms with Crippen molar-refractivity contribution in [3.63, 3.8) is 0 Å². The minimum atomic E-state index is 0.995. The van der Waals surface area contributed by atoms with E-state index in [1.807, 2.05) is 0 Å². The van der Waals surface area contributed by atoms with Crippen LogP contribution in [0.15, 0.2) is 0 Å². The van der Waals surface area contributed by atoms with E-state index in [4.69, 9.17) is 0 Å². The van der Waals surface area contributed by atoms with Crippen LogP contribution in [-0.4, -0.2) is 13.1 Å². The van der Waals surface area contributed by atoms with Gasteiger partial charge in [0, 0.05) is 0 Å². The predicted molar refractivity (Wildman–Crippen MR) is 56.7 cm³/mol. The maximum atomic E-state index is 3.50. The molecule has 1 nitrogen and oxygen atoms in total. The van der Waals surface area contributed by atoms with Crippen LogP contribution in [-0.2, 0) is 0 Å². The Kier molecular flexibility index (Phi) is 3.26. The molecule has 0 spiro atoms. The van der Waals surface area contributed by atoms with Crippen molar-refractivity contribution in [3.05, 3.63) is 0 Å². The van der Waals surface area contributed by atoms with Gasteiger partial charge in [0.25, 0.3) is 0 Å². The van der Waals surface area contributed by atoms with Crippen molar-refractivity contribution >= 4 is 0 Å². The summed E-state index contributed by atoms with van der Waals surface area (Å²) in [6.07, 6.45) is 8.88. The molecule has 0 radical (unpaired) electrons. The van der Waals surface area contributed by atoms with Crippen LogP contribution in [0.5, 0.6) is 0 Å². The van der Waals surface area contributed by atoms with E-state index in [-0.39, 0.29) is 0 Å². The smallest absolute Gasteiger partial charge is 0.00205 e. The van der Waals surface area contributed by atoms with Crippen molar-refractivity contribution in [1.29, 1.82) is 0 Å². The van der Waals surface area contributed by atoms with Gasteiger partial charge in [-0.25, -0.2) is 0 Å². The van der Waals surface area contributed by atoms with Crippen molar-refractivity contribution in [2.75, 3.05) is 13.1 Å². The lowest BCUT2D eigenvalue weighted by molar-refractivity contribution is 0.319. The van der Waals surface area contributed by atoms with Gasteiger partial charge in [0.1, 0.15) is 0 Å². The van der Waals surface area contributed by atoms with Crippen molar-refractivity contribution in [2.24, 2.45) is 17.8 Å². The largest absolute Gasteiger partial charge is 0.316 e. The van der Waals surface area contributed by atoms with E-state index in [1.165, 1.54) is 51.6 Å². The molecule has 2 atom stereocenters. The van der Waals surface area contributed by atoms with Crippen molar-refractivity contribution in [1.82, 2.24) is 5.32 Å². The zero-order valence-corrected chi connectivity index (χ0v) is 8.89. The predicted octanol–water partition coefficient (Wildman–Crippen LogP) is 2.81. The molecule has 2 unspecified atom stereocenters. The third kappa shape index (κ3) is 2.98. The zero-order chi connectivity index (χ0) is 9.10. The first-order valence-corrected chi connectivity index (χ1v) is 6.07. The lowest BCUT2D eigenvalue weighted by Crippen LogP contribution is -2.29. The van der Waals surface area contributed by atoms with Gasteiger partial charge in [0.2, 0.25) is 0 Å². The standard InChI is InChI=1S/C12H23N/c1-10(12-6-7-12)4-5-11-3-2-8-13-9-11/h10-13H,2-9H2,1H3. The SMILES string of the molecule is CC(CCC1CCCNC1)C1CC1. The molecule has 1 saturated carbocycles. The van der Waals surface area contributed by atoms with Crippen LogP contribution >= 0.6 is 0 Å². The monoisotopic (exact) mass is 181 g/mol. The summed E-state index contributed by atoms with van der Waals surface area (Å²) >= 11 is 0. The molecular weight excluding hydrogens is 158 g/mol. The molecule has 76 valence electrons. The summed E-state index contributed by atoms with van der Waals surface area (Å²) in [4.78, 5) is 0. The Hall–Kier alpha value is -0.0400. The first-order valence-electron chi connectivity index (χ1n) is 6.07. The Labute approximate surface area is 82.3 Å². The number of piperidine rings is 1. The lowest BCUT2D eigenvalue weighted by atomic mass is 9.89. The van der Waals surface area contributed by atoms with Gasteiger partial charge in [-0.2, -0.15) is 0 Å². The summed E-state index contributed by atoms with van der Waals surface area (Å²) in [5.74, 6) is 3.12. The first-order chi connectivity index (χ1) is 6.36. The van der Waals surface area contributed by atoms with Gasteiger partial charge < -0.3 is 5.32 Å². The first kappa shape index (κ1) is 9.51. The molecule has 0 aromatic carbocycles. The second kappa shape index (κ2) is 4.45. The Bertz CT molecular complexity index is 145. The molecular formula is C12H23N. The van der Waals surface area contributed by atoms with Crippen LogP contribution in [0.4, 0.5) is 0 Å². The van der Waals surface area contributed by atoms with Crippen molar-refractivity contribution < 1.29 is 0 Å². The summed E-state index contributed by atoms with van der Waals surface area (Å²) in [7, 11) is 0. The quantitative estimate of drug-likeness (QED) is 0.703. The fraction of sp³-hybridized carbons (Fsp3) is 1.00. The Morgan fingerprint density at radius 2 is 2.15 bits per heavy atom. The fourth-order valence-electron chi connectivity index (χ4n) is 2.57. The van der Waals surface area contributed by atoms with Crippen LogP contribution in [0.3, 0.4) is 0 Å². The fourth-order valence-corrected chi connectivity index (χ4v) is 2.57. The van der Waals surface area contributed by atoms with Gasteiger partial charge >= 0.3 is 0 Å². The Morgan fingerprint density at radius 3 is 2.77 bits per heavy atom. The molecule has 1 heteroatoms. The average molecular weight is 181 g/mol. The van der Waals surface area contributed by atoms with Gasteiger partial charge in [-0.3, -0.25) is 0 Å². The highest BCUT2D eigenvalue weighted by Crippen LogP contribution is 2.39. The number of rotatable bonds is 4. The third-order valence-corrected chi connectivity index (χ3v) is 3.86. The average Bonchev–Trinajstić information content (AvgIpc) is 2.99. The molecule has 1 N–H and O–H groups in total. The van der Waals surface area contributed by atoms with Crippen molar-refractivity contribution in [2.45, 2.75) is 45.4 Å². The number of hydrogen-bond acceptors (Lipinski definition) is 1. The highest BCUT2D eigenvalue weighted by Gasteiger charge is 2.28. The second-order valence-corrected chi connectivity index (χ2v) is 5.10. The Balaban J connectivity index is 1.60. The molecule has 0 amide bonds. The van der Waals surface area contributed by atoms with E-state index in [9.17, 15) is 0 Å². The van der Waals surface area contributed by atoms with Crippen molar-refractivity contribution in [3.8, 4) is 0 Å². The Morgan fingerprint density at radius 1 is 1.31 bits per heavy atom. The van der Waals surface area contributed by atoms with E-state index in [0.717, 1.165) is 17.8 Å². The normalized spacial score (nSPS) is 31.6. The molecule has 1 saturated heterocycles. The molecule has 13 heavy (non-hydrogen) atoms. The van der Waals surface area contributed by atoms with E-state index < -0.39 is 0 Å². The third-order valence-electron chi connectivity index (χ3n) is 3.86. The molecule has 0 aromatic heterocycles. The summed E-state index contributed by atoms with van der Waals surface area (Å²) < 4.78 is 0. The van der Waals surface area contributed by atoms with Gasteiger partial charge in [-0.05, 0) is 62.9 Å². The molecule has 2 rings (SSSR count). The minimum Gasteiger partial charge on any atom is -0.316 e. The molecule has 1 aliphatic carbocycles. The maximum absolute atomic E-state index is 3.50. The molecule has 0 aromatic rings. The molecule has 2 fully saturated rings. The number of hydrogen-bond donors (Lipinski definition) is 1. The molecule has 1 heterocycles. The van der Waals surface area contributed by atoms with E-state index in [1.54, 1.807) is 0 Å². The van der Waals surface area contributed by atoms with Gasteiger partial charge in [0.05, 0.1) is 0 Å². The van der Waals surface area contributed by atoms with E-state index in [0.29, 0.717) is 0 Å². The second-order valence-electron chi connectivity index (χ2n) is 5.10. The minimum absolute atomic E-state index is 0.995.